The van der Waals surface area contributed by atoms with Crippen molar-refractivity contribution in [3.63, 3.8) is 0 Å². The van der Waals surface area contributed by atoms with Crippen LogP contribution in [0.2, 0.25) is 0 Å². The van der Waals surface area contributed by atoms with Crippen molar-refractivity contribution in [2.45, 2.75) is 36.6 Å². The molecular formula is C18H16N2O4S2. The summed E-state index contributed by atoms with van der Waals surface area (Å²) in [7, 11) is 2.97. The van der Waals surface area contributed by atoms with Crippen LogP contribution in [0.25, 0.3) is 0 Å². The van der Waals surface area contributed by atoms with Crippen LogP contribution in [0.1, 0.15) is 34.3 Å². The van der Waals surface area contributed by atoms with Gasteiger partial charge in [-0.25, -0.2) is 9.78 Å². The predicted octanol–water partition coefficient (Wildman–Crippen LogP) is 3.72. The number of carbonyl (C=O) groups is 3. The molecule has 1 saturated heterocycles. The molecule has 1 aliphatic heterocycles. The van der Waals surface area contributed by atoms with Crippen molar-refractivity contribution in [3.05, 3.63) is 53.2 Å². The first-order valence-electron chi connectivity index (χ1n) is 7.90. The van der Waals surface area contributed by atoms with Gasteiger partial charge in [-0.15, -0.1) is 5.06 Å². The maximum absolute atomic E-state index is 12.5. The summed E-state index contributed by atoms with van der Waals surface area (Å²) in [6, 6.07) is 9.33. The van der Waals surface area contributed by atoms with Gasteiger partial charge in [0, 0.05) is 23.9 Å². The summed E-state index contributed by atoms with van der Waals surface area (Å²) in [4.78, 5) is 46.0. The molecule has 2 aromatic rings. The van der Waals surface area contributed by atoms with Crippen molar-refractivity contribution in [2.24, 2.45) is 0 Å². The van der Waals surface area contributed by atoms with Gasteiger partial charge in [0.15, 0.2) is 0 Å². The molecule has 1 aromatic carbocycles. The highest BCUT2D eigenvalue weighted by atomic mass is 33.1. The zero-order chi connectivity index (χ0) is 18.7. The molecular weight excluding hydrogens is 372 g/mol. The second-order valence-electron chi connectivity index (χ2n) is 5.73. The van der Waals surface area contributed by atoms with Crippen molar-refractivity contribution >= 4 is 39.4 Å². The molecule has 2 heterocycles. The summed E-state index contributed by atoms with van der Waals surface area (Å²) >= 11 is 0. The van der Waals surface area contributed by atoms with E-state index in [9.17, 15) is 14.4 Å². The number of hydrogen-bond acceptors (Lipinski definition) is 7. The third-order valence-electron chi connectivity index (χ3n) is 3.76. The normalized spacial score (nSPS) is 14.0. The van der Waals surface area contributed by atoms with E-state index in [1.165, 1.54) is 21.6 Å². The first-order chi connectivity index (χ1) is 12.5. The molecule has 134 valence electrons. The summed E-state index contributed by atoms with van der Waals surface area (Å²) in [5, 5.41) is 1.43. The van der Waals surface area contributed by atoms with Crippen LogP contribution in [0.3, 0.4) is 0 Å². The summed E-state index contributed by atoms with van der Waals surface area (Å²) in [6.07, 6.45) is 1.86. The lowest BCUT2D eigenvalue weighted by molar-refractivity contribution is -0.172. The average Bonchev–Trinajstić information content (AvgIpc) is 2.95. The highest BCUT2D eigenvalue weighted by Crippen LogP contribution is 2.39. The zero-order valence-electron chi connectivity index (χ0n) is 14.2. The minimum Gasteiger partial charge on any atom is -0.325 e. The number of carbonyl (C=O) groups excluding carboxylic acids is 3. The Kier molecular flexibility index (Phi) is 5.63. The van der Waals surface area contributed by atoms with Gasteiger partial charge in [-0.3, -0.25) is 9.59 Å². The first kappa shape index (κ1) is 18.5. The number of hydrogen-bond donors (Lipinski definition) is 0. The number of aromatic nitrogens is 1. The van der Waals surface area contributed by atoms with E-state index in [2.05, 4.69) is 4.98 Å². The van der Waals surface area contributed by atoms with E-state index in [0.29, 0.717) is 10.6 Å². The third-order valence-corrected chi connectivity index (χ3v) is 6.16. The van der Waals surface area contributed by atoms with Gasteiger partial charge >= 0.3 is 5.97 Å². The molecule has 0 N–H and O–H groups in total. The lowest BCUT2D eigenvalue weighted by atomic mass is 10.1. The standard InChI is InChI=1S/C18H16N2O4S2/c1-11-9-13(18(23)24-20-16(21)6-7-17(20)22)12(2)14(10-11)25-26-15-5-3-4-8-19-15/h3-5,8-10H,6-7H2,1-2H3. The lowest BCUT2D eigenvalue weighted by Gasteiger charge is -2.15. The lowest BCUT2D eigenvalue weighted by Crippen LogP contribution is -2.32. The molecule has 0 saturated carbocycles. The molecule has 1 fully saturated rings. The number of nitrogens with zero attached hydrogens (tertiary/aromatic N) is 2. The van der Waals surface area contributed by atoms with Gasteiger partial charge in [-0.2, -0.15) is 0 Å². The fourth-order valence-corrected chi connectivity index (χ4v) is 4.62. The molecule has 0 radical (unpaired) electrons. The first-order valence-corrected chi connectivity index (χ1v) is 10.1. The maximum atomic E-state index is 12.5. The van der Waals surface area contributed by atoms with E-state index in [-0.39, 0.29) is 12.8 Å². The van der Waals surface area contributed by atoms with Gasteiger partial charge < -0.3 is 4.84 Å². The van der Waals surface area contributed by atoms with Crippen molar-refractivity contribution in [1.82, 2.24) is 10.0 Å². The maximum Gasteiger partial charge on any atom is 0.364 e. The molecule has 8 heteroatoms. The van der Waals surface area contributed by atoms with E-state index in [4.69, 9.17) is 4.84 Å². The highest BCUT2D eigenvalue weighted by molar-refractivity contribution is 8.76. The number of hydroxylamine groups is 2. The number of pyridine rings is 1. The Hall–Kier alpha value is -2.32. The van der Waals surface area contributed by atoms with Crippen LogP contribution in [0, 0.1) is 13.8 Å². The molecule has 6 nitrogen and oxygen atoms in total. The summed E-state index contributed by atoms with van der Waals surface area (Å²) in [6.45, 7) is 3.68. The number of imide groups is 1. The van der Waals surface area contributed by atoms with Gasteiger partial charge in [0.05, 0.1) is 5.56 Å². The van der Waals surface area contributed by atoms with Crippen LogP contribution in [-0.2, 0) is 14.4 Å². The molecule has 0 atom stereocenters. The Bertz CT molecular complexity index is 855. The molecule has 1 aliphatic rings. The van der Waals surface area contributed by atoms with Crippen molar-refractivity contribution in [3.8, 4) is 0 Å². The van der Waals surface area contributed by atoms with Gasteiger partial charge in [-0.05, 0) is 60.0 Å². The van der Waals surface area contributed by atoms with E-state index in [1.54, 1.807) is 12.3 Å². The fraction of sp³-hybridized carbons (Fsp3) is 0.222. The van der Waals surface area contributed by atoms with E-state index >= 15 is 0 Å². The van der Waals surface area contributed by atoms with Crippen molar-refractivity contribution < 1.29 is 19.2 Å². The van der Waals surface area contributed by atoms with E-state index in [1.807, 2.05) is 38.1 Å². The molecule has 0 aliphatic carbocycles. The monoisotopic (exact) mass is 388 g/mol. The molecule has 3 rings (SSSR count). The van der Waals surface area contributed by atoms with Crippen molar-refractivity contribution in [1.29, 1.82) is 0 Å². The number of rotatable bonds is 5. The molecule has 0 spiro atoms. The van der Waals surface area contributed by atoms with Gasteiger partial charge in [0.1, 0.15) is 5.03 Å². The molecule has 0 bridgehead atoms. The van der Waals surface area contributed by atoms with Crippen LogP contribution < -0.4 is 0 Å². The smallest absolute Gasteiger partial charge is 0.325 e. The van der Waals surface area contributed by atoms with Crippen LogP contribution in [0.15, 0.2) is 46.5 Å². The van der Waals surface area contributed by atoms with E-state index < -0.39 is 17.8 Å². The van der Waals surface area contributed by atoms with Gasteiger partial charge in [0.25, 0.3) is 11.8 Å². The van der Waals surface area contributed by atoms with Crippen LogP contribution in [-0.4, -0.2) is 27.8 Å². The van der Waals surface area contributed by atoms with Crippen LogP contribution in [0.4, 0.5) is 0 Å². The summed E-state index contributed by atoms with van der Waals surface area (Å²) in [5.41, 5.74) is 1.94. The fourth-order valence-electron chi connectivity index (χ4n) is 2.40. The predicted molar refractivity (Wildman–Crippen MR) is 98.4 cm³/mol. The topological polar surface area (TPSA) is 76.6 Å². The van der Waals surface area contributed by atoms with Gasteiger partial charge in [0.2, 0.25) is 0 Å². The molecule has 2 amide bonds. The Morgan fingerprint density at radius 1 is 1.12 bits per heavy atom. The number of aryl methyl sites for hydroxylation is 1. The average molecular weight is 388 g/mol. The van der Waals surface area contributed by atoms with Crippen molar-refractivity contribution in [2.75, 3.05) is 0 Å². The van der Waals surface area contributed by atoms with E-state index in [0.717, 1.165) is 21.0 Å². The molecule has 1 aromatic heterocycles. The highest BCUT2D eigenvalue weighted by Gasteiger charge is 2.33. The Balaban J connectivity index is 1.79. The summed E-state index contributed by atoms with van der Waals surface area (Å²) < 4.78 is 0. The number of amides is 2. The minimum absolute atomic E-state index is 0.0702. The number of benzene rings is 1. The second kappa shape index (κ2) is 7.92. The summed E-state index contributed by atoms with van der Waals surface area (Å²) in [5.74, 6) is -1.69. The molecule has 0 unspecified atom stereocenters. The minimum atomic E-state index is -0.709. The Morgan fingerprint density at radius 2 is 1.85 bits per heavy atom. The van der Waals surface area contributed by atoms with Crippen LogP contribution >= 0.6 is 21.6 Å². The Morgan fingerprint density at radius 3 is 2.50 bits per heavy atom. The largest absolute Gasteiger partial charge is 0.364 e. The van der Waals surface area contributed by atoms with Crippen LogP contribution in [0.5, 0.6) is 0 Å². The second-order valence-corrected chi connectivity index (χ2v) is 7.92. The zero-order valence-corrected chi connectivity index (χ0v) is 15.9. The Labute approximate surface area is 158 Å². The SMILES string of the molecule is Cc1cc(SSc2ccccn2)c(C)c(C(=O)ON2C(=O)CCC2=O)c1. The quantitative estimate of drug-likeness (QED) is 0.571. The molecule has 26 heavy (non-hydrogen) atoms. The third kappa shape index (κ3) is 4.08. The van der Waals surface area contributed by atoms with Gasteiger partial charge in [-0.1, -0.05) is 16.9 Å².